The molecule has 6 nitrogen and oxygen atoms in total. The van der Waals surface area contributed by atoms with Crippen LogP contribution in [-0.2, 0) is 13.1 Å². The Bertz CT molecular complexity index is 1240. The van der Waals surface area contributed by atoms with Gasteiger partial charge in [0, 0.05) is 47.4 Å². The lowest BCUT2D eigenvalue weighted by Crippen LogP contribution is -2.29. The van der Waals surface area contributed by atoms with Crippen LogP contribution < -0.4 is 5.56 Å². The molecule has 148 valence electrons. The molecule has 0 N–H and O–H groups in total. The number of aromatic nitrogens is 4. The van der Waals surface area contributed by atoms with Crippen molar-refractivity contribution < 1.29 is 0 Å². The molecular formula is C22H22BrN5O. The molecule has 0 saturated carbocycles. The van der Waals surface area contributed by atoms with E-state index in [1.807, 2.05) is 18.5 Å². The average molecular weight is 452 g/mol. The van der Waals surface area contributed by atoms with Gasteiger partial charge in [-0.2, -0.15) is 0 Å². The molecule has 5 rings (SSSR count). The number of halogens is 1. The van der Waals surface area contributed by atoms with Gasteiger partial charge in [-0.05, 0) is 59.6 Å². The third kappa shape index (κ3) is 3.72. The number of hydrogen-bond acceptors (Lipinski definition) is 4. The van der Waals surface area contributed by atoms with E-state index in [9.17, 15) is 4.79 Å². The Morgan fingerprint density at radius 3 is 2.69 bits per heavy atom. The fourth-order valence-electron chi connectivity index (χ4n) is 4.11. The lowest BCUT2D eigenvalue weighted by atomic mass is 10.1. The molecule has 5 heterocycles. The van der Waals surface area contributed by atoms with Gasteiger partial charge in [-0.3, -0.25) is 14.7 Å². The molecule has 4 aromatic heterocycles. The van der Waals surface area contributed by atoms with Crippen LogP contribution in [0.5, 0.6) is 0 Å². The van der Waals surface area contributed by atoms with Crippen LogP contribution in [0.3, 0.4) is 0 Å². The maximum Gasteiger partial charge on any atom is 0.260 e. The molecule has 29 heavy (non-hydrogen) atoms. The van der Waals surface area contributed by atoms with Gasteiger partial charge in [0.05, 0.1) is 17.6 Å². The second-order valence-electron chi connectivity index (χ2n) is 7.70. The maximum absolute atomic E-state index is 12.8. The van der Waals surface area contributed by atoms with Gasteiger partial charge >= 0.3 is 0 Å². The van der Waals surface area contributed by atoms with Crippen molar-refractivity contribution in [1.82, 2.24) is 23.8 Å². The molecule has 1 aliphatic rings. The van der Waals surface area contributed by atoms with E-state index in [-0.39, 0.29) is 5.56 Å². The molecule has 4 aromatic rings. The van der Waals surface area contributed by atoms with Crippen LogP contribution in [0.2, 0.25) is 0 Å². The summed E-state index contributed by atoms with van der Waals surface area (Å²) >= 11 is 3.46. The van der Waals surface area contributed by atoms with Crippen molar-refractivity contribution in [2.45, 2.75) is 32.4 Å². The first-order chi connectivity index (χ1) is 14.2. The monoisotopic (exact) mass is 451 g/mol. The molecule has 0 unspecified atom stereocenters. The number of fused-ring (bicyclic) bond motifs is 2. The van der Waals surface area contributed by atoms with Crippen molar-refractivity contribution in [1.29, 1.82) is 0 Å². The summed E-state index contributed by atoms with van der Waals surface area (Å²) in [6.45, 7) is 3.78. The van der Waals surface area contributed by atoms with Gasteiger partial charge in [-0.1, -0.05) is 12.5 Å². The van der Waals surface area contributed by atoms with E-state index in [0.717, 1.165) is 27.7 Å². The van der Waals surface area contributed by atoms with Gasteiger partial charge in [0.25, 0.3) is 5.56 Å². The summed E-state index contributed by atoms with van der Waals surface area (Å²) in [5, 5.41) is 1.48. The Balaban J connectivity index is 1.41. The third-order valence-electron chi connectivity index (χ3n) is 5.60. The van der Waals surface area contributed by atoms with E-state index < -0.39 is 0 Å². The summed E-state index contributed by atoms with van der Waals surface area (Å²) in [6, 6.07) is 6.16. The summed E-state index contributed by atoms with van der Waals surface area (Å²) < 4.78 is 4.58. The molecule has 0 radical (unpaired) electrons. The fourth-order valence-corrected chi connectivity index (χ4v) is 4.57. The Labute approximate surface area is 176 Å². The molecule has 0 spiro atoms. The lowest BCUT2D eigenvalue weighted by Gasteiger charge is -2.26. The second kappa shape index (κ2) is 7.72. The van der Waals surface area contributed by atoms with Crippen molar-refractivity contribution in [2.24, 2.45) is 0 Å². The van der Waals surface area contributed by atoms with Crippen LogP contribution in [0, 0.1) is 0 Å². The van der Waals surface area contributed by atoms with Crippen LogP contribution in [-0.4, -0.2) is 36.9 Å². The molecule has 7 heteroatoms. The van der Waals surface area contributed by atoms with Gasteiger partial charge in [-0.25, -0.2) is 4.98 Å². The van der Waals surface area contributed by atoms with Crippen LogP contribution in [0.15, 0.2) is 58.5 Å². The van der Waals surface area contributed by atoms with Crippen molar-refractivity contribution in [3.05, 3.63) is 75.3 Å². The minimum atomic E-state index is -0.0563. The van der Waals surface area contributed by atoms with Crippen molar-refractivity contribution in [3.8, 4) is 0 Å². The summed E-state index contributed by atoms with van der Waals surface area (Å²) in [6.07, 6.45) is 13.3. The van der Waals surface area contributed by atoms with Crippen LogP contribution in [0.4, 0.5) is 0 Å². The molecule has 1 saturated heterocycles. The predicted molar refractivity (Wildman–Crippen MR) is 117 cm³/mol. The molecule has 0 bridgehead atoms. The smallest absolute Gasteiger partial charge is 0.260 e. The van der Waals surface area contributed by atoms with E-state index >= 15 is 0 Å². The summed E-state index contributed by atoms with van der Waals surface area (Å²) in [4.78, 5) is 24.2. The Hall–Kier alpha value is -2.51. The first kappa shape index (κ1) is 18.5. The SMILES string of the molecule is O=c1c2cncc(Br)c2ccn1Cc1cn2cc(CN3CCCCC3)ccc2n1. The Kier molecular flexibility index (Phi) is 4.93. The zero-order valence-corrected chi connectivity index (χ0v) is 17.7. The van der Waals surface area contributed by atoms with Crippen molar-refractivity contribution >= 4 is 32.3 Å². The van der Waals surface area contributed by atoms with Gasteiger partial charge in [-0.15, -0.1) is 0 Å². The Morgan fingerprint density at radius 2 is 1.83 bits per heavy atom. The van der Waals surface area contributed by atoms with Gasteiger partial charge in [0.2, 0.25) is 0 Å². The number of nitrogens with zero attached hydrogens (tertiary/aromatic N) is 5. The number of rotatable bonds is 4. The standard InChI is InChI=1S/C22H22BrN5O/c23-20-11-24-10-19-18(20)6-9-27(22(19)29)14-17-15-28-13-16(4-5-21(28)25-17)12-26-7-2-1-3-8-26/h4-6,9-11,13,15H,1-3,7-8,12,14H2. The third-order valence-corrected chi connectivity index (χ3v) is 6.23. The van der Waals surface area contributed by atoms with E-state index in [1.165, 1.54) is 37.9 Å². The fraction of sp³-hybridized carbons (Fsp3) is 0.318. The predicted octanol–water partition coefficient (Wildman–Crippen LogP) is 3.84. The number of hydrogen-bond donors (Lipinski definition) is 0. The normalized spacial score (nSPS) is 15.3. The molecule has 0 aliphatic carbocycles. The van der Waals surface area contributed by atoms with E-state index in [1.54, 1.807) is 17.0 Å². The van der Waals surface area contributed by atoms with Crippen LogP contribution >= 0.6 is 15.9 Å². The highest BCUT2D eigenvalue weighted by Gasteiger charge is 2.12. The summed E-state index contributed by atoms with van der Waals surface area (Å²) in [5.41, 5.74) is 3.01. The number of pyridine rings is 3. The number of piperidine rings is 1. The van der Waals surface area contributed by atoms with Crippen LogP contribution in [0.1, 0.15) is 30.5 Å². The summed E-state index contributed by atoms with van der Waals surface area (Å²) in [7, 11) is 0. The first-order valence-electron chi connectivity index (χ1n) is 9.99. The second-order valence-corrected chi connectivity index (χ2v) is 8.56. The molecule has 1 aliphatic heterocycles. The van der Waals surface area contributed by atoms with E-state index in [0.29, 0.717) is 11.9 Å². The van der Waals surface area contributed by atoms with Crippen molar-refractivity contribution in [2.75, 3.05) is 13.1 Å². The largest absolute Gasteiger partial charge is 0.309 e. The van der Waals surface area contributed by atoms with Crippen LogP contribution in [0.25, 0.3) is 16.4 Å². The zero-order valence-electron chi connectivity index (χ0n) is 16.1. The molecule has 0 aromatic carbocycles. The molecule has 1 fully saturated rings. The van der Waals surface area contributed by atoms with Gasteiger partial charge in [0.15, 0.2) is 0 Å². The first-order valence-corrected chi connectivity index (χ1v) is 10.8. The quantitative estimate of drug-likeness (QED) is 0.472. The highest BCUT2D eigenvalue weighted by Crippen LogP contribution is 2.20. The zero-order chi connectivity index (χ0) is 19.8. The topological polar surface area (TPSA) is 55.4 Å². The van der Waals surface area contributed by atoms with Crippen molar-refractivity contribution in [3.63, 3.8) is 0 Å². The minimum absolute atomic E-state index is 0.0563. The maximum atomic E-state index is 12.8. The summed E-state index contributed by atoms with van der Waals surface area (Å²) in [5.74, 6) is 0. The average Bonchev–Trinajstić information content (AvgIpc) is 3.13. The van der Waals surface area contributed by atoms with Gasteiger partial charge < -0.3 is 8.97 Å². The molecule has 0 amide bonds. The number of likely N-dealkylation sites (tertiary alicyclic amines) is 1. The molecule has 0 atom stereocenters. The Morgan fingerprint density at radius 1 is 0.966 bits per heavy atom. The number of imidazole rings is 1. The molecular weight excluding hydrogens is 430 g/mol. The highest BCUT2D eigenvalue weighted by atomic mass is 79.9. The van der Waals surface area contributed by atoms with E-state index in [2.05, 4.69) is 48.5 Å². The lowest BCUT2D eigenvalue weighted by molar-refractivity contribution is 0.220. The minimum Gasteiger partial charge on any atom is -0.309 e. The van der Waals surface area contributed by atoms with E-state index in [4.69, 9.17) is 4.98 Å². The highest BCUT2D eigenvalue weighted by molar-refractivity contribution is 9.10. The van der Waals surface area contributed by atoms with Gasteiger partial charge in [0.1, 0.15) is 5.65 Å².